The predicted octanol–water partition coefficient (Wildman–Crippen LogP) is 1.70. The molecule has 2 amide bonds. The number of carbonyl (C=O) groups is 2. The Bertz CT molecular complexity index is 859. The van der Waals surface area contributed by atoms with Crippen molar-refractivity contribution in [1.82, 2.24) is 5.32 Å². The first kappa shape index (κ1) is 21.2. The molecule has 0 saturated carbocycles. The van der Waals surface area contributed by atoms with Crippen molar-refractivity contribution in [3.05, 3.63) is 54.1 Å². The van der Waals surface area contributed by atoms with Gasteiger partial charge in [-0.2, -0.15) is 0 Å². The van der Waals surface area contributed by atoms with Crippen molar-refractivity contribution in [1.29, 1.82) is 0 Å². The van der Waals surface area contributed by atoms with Gasteiger partial charge >= 0.3 is 0 Å². The first-order chi connectivity index (χ1) is 14.0. The molecule has 0 saturated heterocycles. The Labute approximate surface area is 174 Å². The number of fused-ring (bicyclic) bond motifs is 1. The fourth-order valence-corrected chi connectivity index (χ4v) is 4.46. The van der Waals surface area contributed by atoms with Gasteiger partial charge in [-0.3, -0.25) is 9.59 Å². The summed E-state index contributed by atoms with van der Waals surface area (Å²) < 4.78 is 5.20. The highest BCUT2D eigenvalue weighted by molar-refractivity contribution is 7.99. The van der Waals surface area contributed by atoms with Crippen LogP contribution >= 0.6 is 11.8 Å². The number of nitrogens with two attached hydrogens (primary N) is 1. The standard InChI is InChI=1S/C21H25N3O4S/c1-28-15-8-6-14(7-9-15)20-19(26)21(27)24(13-12-23-11-10-18(22)25)16-4-2-3-5-17(16)29-20/h2-9,19-20,23,26H,10-13H2,1H3,(H2,22,25). The number of nitrogens with zero attached hydrogens (tertiary/aromatic N) is 1. The average molecular weight is 416 g/mol. The molecule has 0 radical (unpaired) electrons. The number of thioether (sulfide) groups is 1. The topological polar surface area (TPSA) is 105 Å². The molecule has 7 nitrogen and oxygen atoms in total. The second-order valence-corrected chi connectivity index (χ2v) is 7.86. The Morgan fingerprint density at radius 3 is 2.62 bits per heavy atom. The second-order valence-electron chi connectivity index (χ2n) is 6.68. The maximum atomic E-state index is 13.1. The summed E-state index contributed by atoms with van der Waals surface area (Å²) in [5.41, 5.74) is 6.77. The van der Waals surface area contributed by atoms with E-state index in [1.807, 2.05) is 48.5 Å². The number of hydrogen-bond donors (Lipinski definition) is 3. The van der Waals surface area contributed by atoms with E-state index in [1.54, 1.807) is 12.0 Å². The molecule has 0 aliphatic carbocycles. The minimum absolute atomic E-state index is 0.239. The number of aliphatic hydroxyl groups is 1. The molecular weight excluding hydrogens is 390 g/mol. The third-order valence-corrected chi connectivity index (χ3v) is 6.10. The van der Waals surface area contributed by atoms with Gasteiger partial charge in [0.25, 0.3) is 5.91 Å². The third-order valence-electron chi connectivity index (χ3n) is 4.72. The summed E-state index contributed by atoms with van der Waals surface area (Å²) in [6.07, 6.45) is -0.950. The Kier molecular flexibility index (Phi) is 7.13. The van der Waals surface area contributed by atoms with Crippen LogP contribution in [0.2, 0.25) is 0 Å². The van der Waals surface area contributed by atoms with Crippen LogP contribution in [-0.4, -0.2) is 49.8 Å². The smallest absolute Gasteiger partial charge is 0.257 e. The van der Waals surface area contributed by atoms with E-state index in [0.717, 1.165) is 21.9 Å². The molecule has 0 bridgehead atoms. The fourth-order valence-electron chi connectivity index (χ4n) is 3.19. The molecule has 154 valence electrons. The number of rotatable bonds is 8. The number of methoxy groups -OCH3 is 1. The van der Waals surface area contributed by atoms with Crippen LogP contribution in [0.1, 0.15) is 17.2 Å². The van der Waals surface area contributed by atoms with Gasteiger partial charge in [0.15, 0.2) is 0 Å². The van der Waals surface area contributed by atoms with E-state index < -0.39 is 11.4 Å². The zero-order valence-corrected chi connectivity index (χ0v) is 17.0. The molecule has 4 N–H and O–H groups in total. The summed E-state index contributed by atoms with van der Waals surface area (Å²) in [6, 6.07) is 15.0. The number of aliphatic hydroxyl groups excluding tert-OH is 1. The van der Waals surface area contributed by atoms with Crippen molar-refractivity contribution in [2.24, 2.45) is 5.73 Å². The van der Waals surface area contributed by atoms with Crippen molar-refractivity contribution in [2.75, 3.05) is 31.6 Å². The van der Waals surface area contributed by atoms with Crippen molar-refractivity contribution in [3.8, 4) is 5.75 Å². The van der Waals surface area contributed by atoms with Crippen LogP contribution in [0.3, 0.4) is 0 Å². The van der Waals surface area contributed by atoms with E-state index in [1.165, 1.54) is 11.8 Å². The molecule has 1 aliphatic heterocycles. The molecule has 3 rings (SSSR count). The number of primary amides is 1. The van der Waals surface area contributed by atoms with Crippen molar-refractivity contribution < 1.29 is 19.4 Å². The molecule has 2 atom stereocenters. The van der Waals surface area contributed by atoms with Crippen LogP contribution in [-0.2, 0) is 9.59 Å². The van der Waals surface area contributed by atoms with Gasteiger partial charge in [0.05, 0.1) is 18.0 Å². The highest BCUT2D eigenvalue weighted by Crippen LogP contribution is 2.45. The zero-order chi connectivity index (χ0) is 20.8. The lowest BCUT2D eigenvalue weighted by Gasteiger charge is -2.25. The quantitative estimate of drug-likeness (QED) is 0.567. The highest BCUT2D eigenvalue weighted by atomic mass is 32.2. The highest BCUT2D eigenvalue weighted by Gasteiger charge is 2.37. The normalized spacial score (nSPS) is 18.8. The van der Waals surface area contributed by atoms with Crippen molar-refractivity contribution >= 4 is 29.3 Å². The minimum atomic E-state index is -1.19. The van der Waals surface area contributed by atoms with Gasteiger partial charge in [0.2, 0.25) is 5.91 Å². The van der Waals surface area contributed by atoms with Crippen molar-refractivity contribution in [3.63, 3.8) is 0 Å². The van der Waals surface area contributed by atoms with E-state index in [2.05, 4.69) is 5.32 Å². The SMILES string of the molecule is COc1ccc(C2Sc3ccccc3N(CCNCCC(N)=O)C(=O)C2O)cc1. The molecule has 2 aromatic carbocycles. The van der Waals surface area contributed by atoms with Gasteiger partial charge in [-0.1, -0.05) is 24.3 Å². The number of amides is 2. The Balaban J connectivity index is 1.81. The summed E-state index contributed by atoms with van der Waals surface area (Å²) in [7, 11) is 1.60. The first-order valence-corrected chi connectivity index (χ1v) is 10.3. The summed E-state index contributed by atoms with van der Waals surface area (Å²) in [6.45, 7) is 1.31. The summed E-state index contributed by atoms with van der Waals surface area (Å²) in [5.74, 6) is 0.0000645. The number of anilines is 1. The molecular formula is C21H25N3O4S. The summed E-state index contributed by atoms with van der Waals surface area (Å²) in [4.78, 5) is 26.5. The van der Waals surface area contributed by atoms with Crippen LogP contribution in [0.15, 0.2) is 53.4 Å². The minimum Gasteiger partial charge on any atom is -0.497 e. The predicted molar refractivity (Wildman–Crippen MR) is 113 cm³/mol. The van der Waals surface area contributed by atoms with Gasteiger partial charge in [0.1, 0.15) is 11.9 Å². The number of carbonyl (C=O) groups excluding carboxylic acids is 2. The van der Waals surface area contributed by atoms with Gasteiger partial charge in [-0.25, -0.2) is 0 Å². The van der Waals surface area contributed by atoms with Crippen LogP contribution in [0, 0.1) is 0 Å². The van der Waals surface area contributed by atoms with Gasteiger partial charge in [-0.15, -0.1) is 11.8 Å². The van der Waals surface area contributed by atoms with Gasteiger partial charge in [0, 0.05) is 31.0 Å². The largest absolute Gasteiger partial charge is 0.497 e. The molecule has 8 heteroatoms. The lowest BCUT2D eigenvalue weighted by atomic mass is 10.1. The summed E-state index contributed by atoms with van der Waals surface area (Å²) in [5, 5.41) is 13.6. The lowest BCUT2D eigenvalue weighted by molar-refractivity contribution is -0.126. The zero-order valence-electron chi connectivity index (χ0n) is 16.2. The van der Waals surface area contributed by atoms with E-state index in [9.17, 15) is 14.7 Å². The Hall–Kier alpha value is -2.55. The van der Waals surface area contributed by atoms with Gasteiger partial charge < -0.3 is 25.8 Å². The van der Waals surface area contributed by atoms with Crippen LogP contribution < -0.4 is 20.7 Å². The van der Waals surface area contributed by atoms with Crippen LogP contribution in [0.4, 0.5) is 5.69 Å². The Morgan fingerprint density at radius 2 is 1.93 bits per heavy atom. The number of ether oxygens (including phenoxy) is 1. The third kappa shape index (κ3) is 5.09. The molecule has 2 unspecified atom stereocenters. The molecule has 0 spiro atoms. The van der Waals surface area contributed by atoms with E-state index in [4.69, 9.17) is 10.5 Å². The van der Waals surface area contributed by atoms with Crippen LogP contribution in [0.5, 0.6) is 5.75 Å². The number of para-hydroxylation sites is 1. The van der Waals surface area contributed by atoms with Gasteiger partial charge in [-0.05, 0) is 29.8 Å². The van der Waals surface area contributed by atoms with E-state index in [-0.39, 0.29) is 18.2 Å². The van der Waals surface area contributed by atoms with Crippen LogP contribution in [0.25, 0.3) is 0 Å². The summed E-state index contributed by atoms with van der Waals surface area (Å²) >= 11 is 1.47. The molecule has 1 heterocycles. The number of benzene rings is 2. The average Bonchev–Trinajstić information content (AvgIpc) is 2.83. The molecule has 0 fully saturated rings. The first-order valence-electron chi connectivity index (χ1n) is 9.39. The van der Waals surface area contributed by atoms with Crippen molar-refractivity contribution in [2.45, 2.75) is 22.7 Å². The maximum absolute atomic E-state index is 13.1. The molecule has 0 aromatic heterocycles. The molecule has 1 aliphatic rings. The lowest BCUT2D eigenvalue weighted by Crippen LogP contribution is -2.43. The van der Waals surface area contributed by atoms with E-state index in [0.29, 0.717) is 19.6 Å². The molecule has 29 heavy (non-hydrogen) atoms. The maximum Gasteiger partial charge on any atom is 0.257 e. The fraction of sp³-hybridized carbons (Fsp3) is 0.333. The molecule has 2 aromatic rings. The Morgan fingerprint density at radius 1 is 1.21 bits per heavy atom. The number of nitrogens with one attached hydrogen (secondary N) is 1. The number of hydrogen-bond acceptors (Lipinski definition) is 6. The monoisotopic (exact) mass is 415 g/mol. The van der Waals surface area contributed by atoms with E-state index >= 15 is 0 Å². The second kappa shape index (κ2) is 9.78.